The SMILES string of the molecule is CCC[C@H](C)NC(=O)c1ccc(N(Cc2ccccc2)S(C)(=O)=O)cc1. The molecular weight excluding hydrogens is 348 g/mol. The summed E-state index contributed by atoms with van der Waals surface area (Å²) in [6.45, 7) is 4.30. The Morgan fingerprint density at radius 2 is 1.69 bits per heavy atom. The zero-order valence-corrected chi connectivity index (χ0v) is 16.3. The summed E-state index contributed by atoms with van der Waals surface area (Å²) in [6.07, 6.45) is 3.11. The molecule has 2 aromatic carbocycles. The number of benzene rings is 2. The Labute approximate surface area is 156 Å². The Balaban J connectivity index is 2.18. The predicted octanol–water partition coefficient (Wildman–Crippen LogP) is 3.57. The lowest BCUT2D eigenvalue weighted by Crippen LogP contribution is -2.32. The summed E-state index contributed by atoms with van der Waals surface area (Å²) in [4.78, 5) is 12.3. The molecule has 140 valence electrons. The minimum Gasteiger partial charge on any atom is -0.350 e. The third-order valence-electron chi connectivity index (χ3n) is 4.09. The molecule has 0 unspecified atom stereocenters. The molecule has 1 atom stereocenters. The highest BCUT2D eigenvalue weighted by atomic mass is 32.2. The van der Waals surface area contributed by atoms with E-state index in [1.807, 2.05) is 37.3 Å². The van der Waals surface area contributed by atoms with Gasteiger partial charge in [0, 0.05) is 11.6 Å². The number of hydrogen-bond donors (Lipinski definition) is 1. The van der Waals surface area contributed by atoms with E-state index >= 15 is 0 Å². The Kier molecular flexibility index (Phi) is 6.80. The number of amides is 1. The van der Waals surface area contributed by atoms with Gasteiger partial charge in [0.1, 0.15) is 0 Å². The van der Waals surface area contributed by atoms with Crippen molar-refractivity contribution in [1.29, 1.82) is 0 Å². The summed E-state index contributed by atoms with van der Waals surface area (Å²) < 4.78 is 25.8. The second kappa shape index (κ2) is 8.85. The second-order valence-electron chi connectivity index (χ2n) is 6.47. The standard InChI is InChI=1S/C20H26N2O3S/c1-4-8-16(2)21-20(23)18-11-13-19(14-12-18)22(26(3,24)25)15-17-9-6-5-7-10-17/h5-7,9-14,16H,4,8,15H2,1-3H3,(H,21,23)/t16-/m0/s1. The van der Waals surface area contributed by atoms with Gasteiger partial charge in [0.05, 0.1) is 18.5 Å². The van der Waals surface area contributed by atoms with Gasteiger partial charge in [0.25, 0.3) is 5.91 Å². The fourth-order valence-electron chi connectivity index (χ4n) is 2.74. The van der Waals surface area contributed by atoms with Crippen LogP contribution in [0.25, 0.3) is 0 Å². The summed E-state index contributed by atoms with van der Waals surface area (Å²) in [5, 5.41) is 2.95. The molecule has 0 fully saturated rings. The van der Waals surface area contributed by atoms with E-state index in [-0.39, 0.29) is 18.5 Å². The molecule has 26 heavy (non-hydrogen) atoms. The Morgan fingerprint density at radius 1 is 1.08 bits per heavy atom. The van der Waals surface area contributed by atoms with Crippen LogP contribution in [-0.2, 0) is 16.6 Å². The Morgan fingerprint density at radius 3 is 2.23 bits per heavy atom. The zero-order valence-electron chi connectivity index (χ0n) is 15.5. The number of anilines is 1. The van der Waals surface area contributed by atoms with Crippen molar-refractivity contribution in [2.45, 2.75) is 39.3 Å². The first kappa shape index (κ1) is 20.0. The van der Waals surface area contributed by atoms with Crippen molar-refractivity contribution in [3.05, 3.63) is 65.7 Å². The summed E-state index contributed by atoms with van der Waals surface area (Å²) in [5.74, 6) is -0.147. The first-order valence-corrected chi connectivity index (χ1v) is 10.6. The lowest BCUT2D eigenvalue weighted by Gasteiger charge is -2.23. The number of sulfonamides is 1. The topological polar surface area (TPSA) is 66.5 Å². The Hall–Kier alpha value is -2.34. The number of carbonyl (C=O) groups excluding carboxylic acids is 1. The highest BCUT2D eigenvalue weighted by molar-refractivity contribution is 7.92. The van der Waals surface area contributed by atoms with Crippen molar-refractivity contribution < 1.29 is 13.2 Å². The molecule has 0 aromatic heterocycles. The molecule has 0 radical (unpaired) electrons. The van der Waals surface area contributed by atoms with Crippen LogP contribution in [-0.4, -0.2) is 26.6 Å². The van der Waals surface area contributed by atoms with Crippen LogP contribution in [0.2, 0.25) is 0 Å². The van der Waals surface area contributed by atoms with Crippen LogP contribution >= 0.6 is 0 Å². The maximum atomic E-state index is 12.3. The zero-order chi connectivity index (χ0) is 19.2. The maximum Gasteiger partial charge on any atom is 0.251 e. The van der Waals surface area contributed by atoms with Gasteiger partial charge in [-0.2, -0.15) is 0 Å². The molecule has 0 aliphatic heterocycles. The molecular formula is C20H26N2O3S. The first-order valence-electron chi connectivity index (χ1n) is 8.74. The molecule has 0 spiro atoms. The highest BCUT2D eigenvalue weighted by Crippen LogP contribution is 2.21. The average molecular weight is 375 g/mol. The van der Waals surface area contributed by atoms with Gasteiger partial charge >= 0.3 is 0 Å². The van der Waals surface area contributed by atoms with E-state index < -0.39 is 10.0 Å². The van der Waals surface area contributed by atoms with Crippen LogP contribution in [0.3, 0.4) is 0 Å². The van der Waals surface area contributed by atoms with Crippen LogP contribution in [0.4, 0.5) is 5.69 Å². The molecule has 0 heterocycles. The predicted molar refractivity (Wildman–Crippen MR) is 106 cm³/mol. The molecule has 2 rings (SSSR count). The van der Waals surface area contributed by atoms with Gasteiger partial charge in [-0.15, -0.1) is 0 Å². The third-order valence-corrected chi connectivity index (χ3v) is 5.23. The van der Waals surface area contributed by atoms with Crippen molar-refractivity contribution in [3.63, 3.8) is 0 Å². The van der Waals surface area contributed by atoms with Crippen LogP contribution in [0.5, 0.6) is 0 Å². The van der Waals surface area contributed by atoms with E-state index in [1.54, 1.807) is 24.3 Å². The van der Waals surface area contributed by atoms with Crippen LogP contribution < -0.4 is 9.62 Å². The van der Waals surface area contributed by atoms with E-state index in [0.717, 1.165) is 18.4 Å². The molecule has 0 bridgehead atoms. The normalized spacial score (nSPS) is 12.4. The Bertz CT molecular complexity index is 818. The van der Waals surface area contributed by atoms with Gasteiger partial charge in [-0.3, -0.25) is 9.10 Å². The van der Waals surface area contributed by atoms with Gasteiger partial charge in [-0.05, 0) is 43.2 Å². The monoisotopic (exact) mass is 374 g/mol. The quantitative estimate of drug-likeness (QED) is 0.768. The summed E-state index contributed by atoms with van der Waals surface area (Å²) >= 11 is 0. The first-order chi connectivity index (χ1) is 12.3. The summed E-state index contributed by atoms with van der Waals surface area (Å²) in [6, 6.07) is 16.2. The van der Waals surface area contributed by atoms with E-state index in [0.29, 0.717) is 11.3 Å². The minimum absolute atomic E-state index is 0.109. The molecule has 1 amide bonds. The lowest BCUT2D eigenvalue weighted by atomic mass is 10.1. The van der Waals surface area contributed by atoms with E-state index in [9.17, 15) is 13.2 Å². The van der Waals surface area contributed by atoms with E-state index in [4.69, 9.17) is 0 Å². The largest absolute Gasteiger partial charge is 0.350 e. The minimum atomic E-state index is -3.44. The number of hydrogen-bond acceptors (Lipinski definition) is 3. The van der Waals surface area contributed by atoms with Gasteiger partial charge in [-0.25, -0.2) is 8.42 Å². The van der Waals surface area contributed by atoms with Crippen molar-refractivity contribution >= 4 is 21.6 Å². The highest BCUT2D eigenvalue weighted by Gasteiger charge is 2.18. The fraction of sp³-hybridized carbons (Fsp3) is 0.350. The van der Waals surface area contributed by atoms with E-state index in [1.165, 1.54) is 10.6 Å². The number of carbonyl (C=O) groups is 1. The maximum absolute atomic E-state index is 12.3. The second-order valence-corrected chi connectivity index (χ2v) is 8.37. The third kappa shape index (κ3) is 5.59. The van der Waals surface area contributed by atoms with Crippen molar-refractivity contribution in [1.82, 2.24) is 5.32 Å². The van der Waals surface area contributed by atoms with E-state index in [2.05, 4.69) is 12.2 Å². The number of rotatable bonds is 8. The van der Waals surface area contributed by atoms with Gasteiger partial charge < -0.3 is 5.32 Å². The van der Waals surface area contributed by atoms with Crippen LogP contribution in [0, 0.1) is 0 Å². The molecule has 0 aliphatic carbocycles. The molecule has 6 heteroatoms. The fourth-order valence-corrected chi connectivity index (χ4v) is 3.63. The van der Waals surface area contributed by atoms with Crippen molar-refractivity contribution in [2.75, 3.05) is 10.6 Å². The van der Waals surface area contributed by atoms with Gasteiger partial charge in [0.15, 0.2) is 0 Å². The lowest BCUT2D eigenvalue weighted by molar-refractivity contribution is 0.0938. The van der Waals surface area contributed by atoms with Gasteiger partial charge in [-0.1, -0.05) is 43.7 Å². The van der Waals surface area contributed by atoms with Gasteiger partial charge in [0.2, 0.25) is 10.0 Å². The summed E-state index contributed by atoms with van der Waals surface area (Å²) in [7, 11) is -3.44. The average Bonchev–Trinajstić information content (AvgIpc) is 2.60. The molecule has 0 aliphatic rings. The molecule has 1 N–H and O–H groups in total. The van der Waals surface area contributed by atoms with Crippen LogP contribution in [0.1, 0.15) is 42.6 Å². The summed E-state index contributed by atoms with van der Waals surface area (Å²) in [5.41, 5.74) is 1.95. The molecule has 2 aromatic rings. The smallest absolute Gasteiger partial charge is 0.251 e. The van der Waals surface area contributed by atoms with Crippen molar-refractivity contribution in [2.24, 2.45) is 0 Å². The molecule has 5 nitrogen and oxygen atoms in total. The van der Waals surface area contributed by atoms with Crippen LogP contribution in [0.15, 0.2) is 54.6 Å². The van der Waals surface area contributed by atoms with Crippen molar-refractivity contribution in [3.8, 4) is 0 Å². The number of nitrogens with one attached hydrogen (secondary N) is 1. The molecule has 0 saturated heterocycles. The number of nitrogens with zero attached hydrogens (tertiary/aromatic N) is 1. The molecule has 0 saturated carbocycles.